The van der Waals surface area contributed by atoms with Crippen molar-refractivity contribution in [1.82, 2.24) is 5.32 Å². The Hall–Kier alpha value is -0.850. The number of nitrogens with two attached hydrogens (primary N) is 1. The van der Waals surface area contributed by atoms with Crippen LogP contribution in [0, 0.1) is 5.92 Å². The van der Waals surface area contributed by atoms with Crippen molar-refractivity contribution >= 4 is 38.6 Å². The van der Waals surface area contributed by atoms with E-state index < -0.39 is 5.66 Å². The lowest BCUT2D eigenvalue weighted by molar-refractivity contribution is 0.230. The first kappa shape index (κ1) is 15.1. The molecule has 1 aromatic rings. The predicted molar refractivity (Wildman–Crippen MR) is 94.0 cm³/mol. The molecule has 3 N–H and O–H groups in total. The lowest BCUT2D eigenvalue weighted by Crippen LogP contribution is -2.39. The summed E-state index contributed by atoms with van der Waals surface area (Å²) in [6, 6.07) is 8.29. The number of nitrogens with zero attached hydrogens (tertiary/aromatic N) is 2. The van der Waals surface area contributed by atoms with E-state index in [-0.39, 0.29) is 0 Å². The fourth-order valence-electron chi connectivity index (χ4n) is 3.11. The molecule has 0 spiro atoms. The molecule has 4 nitrogen and oxygen atoms in total. The zero-order chi connectivity index (χ0) is 14.9. The summed E-state index contributed by atoms with van der Waals surface area (Å²) in [5.41, 5.74) is 6.69. The van der Waals surface area contributed by atoms with Crippen LogP contribution in [0.25, 0.3) is 0 Å². The van der Waals surface area contributed by atoms with Gasteiger partial charge in [-0.3, -0.25) is 0 Å². The highest BCUT2D eigenvalue weighted by atomic mass is 79.9. The van der Waals surface area contributed by atoms with Gasteiger partial charge in [-0.15, -0.1) is 11.8 Å². The van der Waals surface area contributed by atoms with Crippen LogP contribution in [0.5, 0.6) is 0 Å². The van der Waals surface area contributed by atoms with Gasteiger partial charge in [0.25, 0.3) is 0 Å². The number of piperidine rings is 1. The molecular formula is C15H19BrN4S. The number of rotatable bonds is 2. The van der Waals surface area contributed by atoms with Crippen LogP contribution in [-0.2, 0) is 5.66 Å². The standard InChI is InChI=1S/C15H19BrN4S/c1-21-14-13(17)19-15(20-14,10-5-7-18-8-6-10)11-3-2-4-12(16)9-11/h2-4,9-10,18H,5-8H2,1H3,(H2,17,19). The maximum atomic E-state index is 6.12. The number of halogens is 1. The number of aliphatic imine (C=N–C) groups is 2. The Morgan fingerprint density at radius 2 is 2.10 bits per heavy atom. The highest BCUT2D eigenvalue weighted by molar-refractivity contribution is 9.10. The van der Waals surface area contributed by atoms with Crippen LogP contribution in [-0.4, -0.2) is 30.2 Å². The van der Waals surface area contributed by atoms with Crippen molar-refractivity contribution in [3.63, 3.8) is 0 Å². The molecule has 0 amide bonds. The summed E-state index contributed by atoms with van der Waals surface area (Å²) >= 11 is 5.13. The first-order valence-electron chi connectivity index (χ1n) is 7.12. The lowest BCUT2D eigenvalue weighted by Gasteiger charge is -2.35. The number of amidine groups is 1. The summed E-state index contributed by atoms with van der Waals surface area (Å²) in [6.07, 6.45) is 4.13. The third kappa shape index (κ3) is 2.76. The van der Waals surface area contributed by atoms with Gasteiger partial charge in [0.1, 0.15) is 5.04 Å². The second kappa shape index (κ2) is 6.10. The molecule has 1 atom stereocenters. The Balaban J connectivity index is 2.10. The fraction of sp³-hybridized carbons (Fsp3) is 0.467. The molecule has 1 aromatic carbocycles. The Labute approximate surface area is 137 Å². The number of thioether (sulfide) groups is 1. The molecule has 0 aromatic heterocycles. The fourth-order valence-corrected chi connectivity index (χ4v) is 3.99. The highest BCUT2D eigenvalue weighted by Gasteiger charge is 2.44. The van der Waals surface area contributed by atoms with Gasteiger partial charge >= 0.3 is 0 Å². The van der Waals surface area contributed by atoms with Crippen LogP contribution in [0.3, 0.4) is 0 Å². The molecule has 0 bridgehead atoms. The summed E-state index contributed by atoms with van der Waals surface area (Å²) in [5.74, 6) is 0.956. The monoisotopic (exact) mass is 366 g/mol. The summed E-state index contributed by atoms with van der Waals surface area (Å²) in [4.78, 5) is 9.78. The normalized spacial score (nSPS) is 26.6. The van der Waals surface area contributed by atoms with E-state index in [2.05, 4.69) is 33.4 Å². The second-order valence-electron chi connectivity index (χ2n) is 5.38. The van der Waals surface area contributed by atoms with Gasteiger partial charge in [-0.1, -0.05) is 28.1 Å². The molecule has 1 fully saturated rings. The zero-order valence-corrected chi connectivity index (χ0v) is 14.4. The van der Waals surface area contributed by atoms with E-state index in [4.69, 9.17) is 15.7 Å². The van der Waals surface area contributed by atoms with E-state index in [1.807, 2.05) is 18.4 Å². The van der Waals surface area contributed by atoms with E-state index in [9.17, 15) is 0 Å². The van der Waals surface area contributed by atoms with Crippen LogP contribution in [0.4, 0.5) is 0 Å². The van der Waals surface area contributed by atoms with Crippen molar-refractivity contribution in [2.24, 2.45) is 21.6 Å². The minimum Gasteiger partial charge on any atom is -0.382 e. The van der Waals surface area contributed by atoms with Crippen molar-refractivity contribution < 1.29 is 0 Å². The first-order valence-corrected chi connectivity index (χ1v) is 9.14. The van der Waals surface area contributed by atoms with Gasteiger partial charge < -0.3 is 11.1 Å². The van der Waals surface area contributed by atoms with E-state index in [0.717, 1.165) is 41.0 Å². The SMILES string of the molecule is CSC1=NC(c2cccc(Br)c2)(C2CCNCC2)N=C1N. The molecule has 6 heteroatoms. The molecule has 0 radical (unpaired) electrons. The Morgan fingerprint density at radius 1 is 1.33 bits per heavy atom. The van der Waals surface area contributed by atoms with E-state index in [1.165, 1.54) is 0 Å². The minimum absolute atomic E-state index is 0.385. The highest BCUT2D eigenvalue weighted by Crippen LogP contribution is 2.44. The van der Waals surface area contributed by atoms with Gasteiger partial charge in [0.05, 0.1) is 0 Å². The first-order chi connectivity index (χ1) is 10.2. The topological polar surface area (TPSA) is 62.8 Å². The average molecular weight is 367 g/mol. The third-order valence-corrected chi connectivity index (χ3v) is 5.31. The predicted octanol–water partition coefficient (Wildman–Crippen LogP) is 2.73. The minimum atomic E-state index is -0.547. The Kier molecular flexibility index (Phi) is 4.38. The Bertz CT molecular complexity index is 595. The quantitative estimate of drug-likeness (QED) is 0.845. The van der Waals surface area contributed by atoms with E-state index in [0.29, 0.717) is 11.8 Å². The van der Waals surface area contributed by atoms with Crippen LogP contribution in [0.15, 0.2) is 38.7 Å². The van der Waals surface area contributed by atoms with Gasteiger partial charge in [-0.2, -0.15) is 0 Å². The molecule has 0 saturated carbocycles. The number of nitrogens with one attached hydrogen (secondary N) is 1. The van der Waals surface area contributed by atoms with Crippen molar-refractivity contribution in [2.75, 3.05) is 19.3 Å². The summed E-state index contributed by atoms with van der Waals surface area (Å²) < 4.78 is 1.05. The van der Waals surface area contributed by atoms with Gasteiger partial charge in [0, 0.05) is 16.0 Å². The molecule has 112 valence electrons. The second-order valence-corrected chi connectivity index (χ2v) is 7.09. The van der Waals surface area contributed by atoms with Crippen LogP contribution in [0.1, 0.15) is 18.4 Å². The molecule has 2 aliphatic heterocycles. The smallest absolute Gasteiger partial charge is 0.182 e. The molecule has 2 heterocycles. The molecule has 0 aliphatic carbocycles. The largest absolute Gasteiger partial charge is 0.382 e. The maximum Gasteiger partial charge on any atom is 0.182 e. The van der Waals surface area contributed by atoms with Gasteiger partial charge in [-0.25, -0.2) is 9.98 Å². The number of hydrogen-bond donors (Lipinski definition) is 2. The van der Waals surface area contributed by atoms with Gasteiger partial charge in [0.2, 0.25) is 0 Å². The molecule has 2 aliphatic rings. The zero-order valence-electron chi connectivity index (χ0n) is 12.0. The molecule has 1 unspecified atom stereocenters. The van der Waals surface area contributed by atoms with Crippen molar-refractivity contribution in [3.05, 3.63) is 34.3 Å². The molecular weight excluding hydrogens is 348 g/mol. The summed E-state index contributed by atoms with van der Waals surface area (Å²) in [5, 5.41) is 4.27. The van der Waals surface area contributed by atoms with Crippen molar-refractivity contribution in [2.45, 2.75) is 18.5 Å². The van der Waals surface area contributed by atoms with Crippen molar-refractivity contribution in [3.8, 4) is 0 Å². The number of hydrogen-bond acceptors (Lipinski definition) is 5. The Morgan fingerprint density at radius 3 is 2.71 bits per heavy atom. The third-order valence-electron chi connectivity index (χ3n) is 4.13. The van der Waals surface area contributed by atoms with Crippen LogP contribution >= 0.6 is 27.7 Å². The summed E-state index contributed by atoms with van der Waals surface area (Å²) in [6.45, 7) is 2.03. The molecule has 1 saturated heterocycles. The lowest BCUT2D eigenvalue weighted by atomic mass is 9.81. The van der Waals surface area contributed by atoms with Crippen LogP contribution < -0.4 is 11.1 Å². The van der Waals surface area contributed by atoms with Gasteiger partial charge in [-0.05, 0) is 44.3 Å². The van der Waals surface area contributed by atoms with Crippen LogP contribution in [0.2, 0.25) is 0 Å². The van der Waals surface area contributed by atoms with Crippen molar-refractivity contribution in [1.29, 1.82) is 0 Å². The molecule has 3 rings (SSSR count). The van der Waals surface area contributed by atoms with Gasteiger partial charge in [0.15, 0.2) is 11.5 Å². The van der Waals surface area contributed by atoms with E-state index >= 15 is 0 Å². The number of benzene rings is 1. The molecule has 21 heavy (non-hydrogen) atoms. The van der Waals surface area contributed by atoms with E-state index in [1.54, 1.807) is 11.8 Å². The average Bonchev–Trinajstić information content (AvgIpc) is 2.86. The summed E-state index contributed by atoms with van der Waals surface area (Å²) in [7, 11) is 0. The maximum absolute atomic E-state index is 6.12.